The molecule has 0 atom stereocenters. The van der Waals surface area contributed by atoms with E-state index in [4.69, 9.17) is 4.74 Å². The molecular weight excluding hydrogens is 874 g/mol. The maximum absolute atomic E-state index is 12.7. The number of halogens is 2. The molecule has 5 rings (SSSR count). The van der Waals surface area contributed by atoms with Gasteiger partial charge in [0.15, 0.2) is 0 Å². The molecule has 0 aliphatic carbocycles. The number of aromatic nitrogens is 4. The highest BCUT2D eigenvalue weighted by atomic mass is 127. The number of methoxy groups -OCH3 is 2. The molecule has 0 fully saturated rings. The molecule has 2 heterocycles. The Labute approximate surface area is 302 Å². The lowest BCUT2D eigenvalue weighted by atomic mass is 10.2. The van der Waals surface area contributed by atoms with Crippen molar-refractivity contribution in [2.24, 2.45) is 0 Å². The van der Waals surface area contributed by atoms with Gasteiger partial charge in [0.25, 0.3) is 10.0 Å². The van der Waals surface area contributed by atoms with E-state index in [0.29, 0.717) is 22.6 Å². The van der Waals surface area contributed by atoms with Crippen molar-refractivity contribution in [3.05, 3.63) is 120 Å². The van der Waals surface area contributed by atoms with Crippen LogP contribution in [0.5, 0.6) is 0 Å². The second-order valence-corrected chi connectivity index (χ2v) is 15.6. The quantitative estimate of drug-likeness (QED) is 0.0872. The Morgan fingerprint density at radius 2 is 1.35 bits per heavy atom. The average Bonchev–Trinajstić information content (AvgIpc) is 3.76. The molecular formula is C31H28I2N4O6S3. The molecule has 5 aromatic rings. The van der Waals surface area contributed by atoms with Crippen molar-refractivity contribution in [3.63, 3.8) is 0 Å². The van der Waals surface area contributed by atoms with Crippen molar-refractivity contribution < 1.29 is 27.5 Å². The van der Waals surface area contributed by atoms with E-state index in [1.807, 2.05) is 31.2 Å². The van der Waals surface area contributed by atoms with Crippen molar-refractivity contribution in [1.29, 1.82) is 0 Å². The van der Waals surface area contributed by atoms with Gasteiger partial charge in [-0.05, 0) is 113 Å². The number of thioether (sulfide) groups is 2. The van der Waals surface area contributed by atoms with Crippen molar-refractivity contribution in [2.45, 2.75) is 33.1 Å². The number of esters is 2. The summed E-state index contributed by atoms with van der Waals surface area (Å²) in [4.78, 5) is 25.3. The van der Waals surface area contributed by atoms with Crippen molar-refractivity contribution in [3.8, 4) is 0 Å². The summed E-state index contributed by atoms with van der Waals surface area (Å²) in [6.07, 6.45) is 3.26. The van der Waals surface area contributed by atoms with E-state index in [0.717, 1.165) is 38.0 Å². The number of H-pyrrole nitrogens is 1. The minimum absolute atomic E-state index is 0.202. The second kappa shape index (κ2) is 16.8. The normalized spacial score (nSPS) is 11.0. The van der Waals surface area contributed by atoms with Crippen LogP contribution in [0, 0.1) is 14.1 Å². The van der Waals surface area contributed by atoms with Gasteiger partial charge in [-0.1, -0.05) is 17.7 Å². The molecule has 0 unspecified atom stereocenters. The Hall–Kier alpha value is -2.87. The smallest absolute Gasteiger partial charge is 0.337 e. The van der Waals surface area contributed by atoms with Gasteiger partial charge in [-0.25, -0.2) is 9.59 Å². The van der Waals surface area contributed by atoms with Crippen LogP contribution in [0.1, 0.15) is 37.7 Å². The standard InChI is InChI=1S/C19H17IN2O4S2.C12H11IN2O2S/c1-13-3-6-16(7-4-13)28(24,25)22-10-9-15(21-22)12-27-18-8-5-14(11-17(18)20)19(23)26-2;1-17-12(16)8-2-3-11(10(13)6-8)18-7-9-4-5-14-15-9/h3-11H,12H2,1-2H3;2-6H,7H2,1H3,(H,14,15). The molecule has 1 N–H and O–H groups in total. The van der Waals surface area contributed by atoms with Gasteiger partial charge in [0.2, 0.25) is 0 Å². The van der Waals surface area contributed by atoms with E-state index >= 15 is 0 Å². The number of aryl methyl sites for hydroxylation is 1. The third-order valence-electron chi connectivity index (χ3n) is 6.20. The monoisotopic (exact) mass is 902 g/mol. The lowest BCUT2D eigenvalue weighted by Gasteiger charge is -2.06. The number of nitrogens with one attached hydrogen (secondary N) is 1. The number of benzene rings is 3. The molecule has 2 aromatic heterocycles. The van der Waals surface area contributed by atoms with Crippen molar-refractivity contribution in [2.75, 3.05) is 14.2 Å². The van der Waals surface area contributed by atoms with E-state index in [2.05, 4.69) is 65.2 Å². The molecule has 0 aliphatic rings. The van der Waals surface area contributed by atoms with Crippen LogP contribution in [-0.4, -0.2) is 54.0 Å². The van der Waals surface area contributed by atoms with Crippen molar-refractivity contribution >= 4 is 90.7 Å². The lowest BCUT2D eigenvalue weighted by molar-refractivity contribution is 0.0591. The van der Waals surface area contributed by atoms with Crippen LogP contribution in [-0.2, 0) is 31.0 Å². The highest BCUT2D eigenvalue weighted by Gasteiger charge is 2.18. The topological polar surface area (TPSA) is 133 Å². The van der Waals surface area contributed by atoms with E-state index in [1.165, 1.54) is 32.2 Å². The molecule has 46 heavy (non-hydrogen) atoms. The molecule has 0 saturated carbocycles. The van der Waals surface area contributed by atoms with Crippen LogP contribution in [0.4, 0.5) is 0 Å². The Balaban J connectivity index is 0.000000230. The molecule has 0 saturated heterocycles. The number of carbonyl (C=O) groups excluding carboxylic acids is 2. The zero-order valence-electron chi connectivity index (χ0n) is 24.8. The molecule has 0 bridgehead atoms. The van der Waals surface area contributed by atoms with Crippen LogP contribution < -0.4 is 0 Å². The van der Waals surface area contributed by atoms with Crippen LogP contribution in [0.15, 0.2) is 99.9 Å². The summed E-state index contributed by atoms with van der Waals surface area (Å²) < 4.78 is 37.7. The van der Waals surface area contributed by atoms with E-state index < -0.39 is 10.0 Å². The minimum atomic E-state index is -3.70. The molecule has 240 valence electrons. The predicted octanol–water partition coefficient (Wildman–Crippen LogP) is 7.21. The van der Waals surface area contributed by atoms with Crippen molar-refractivity contribution in [1.82, 2.24) is 19.4 Å². The van der Waals surface area contributed by atoms with Gasteiger partial charge in [-0.2, -0.15) is 22.7 Å². The number of nitrogens with zero attached hydrogens (tertiary/aromatic N) is 3. The Bertz CT molecular complexity index is 1910. The SMILES string of the molecule is COC(=O)c1ccc(SCc2cc[nH]n2)c(I)c1.COC(=O)c1ccc(SCc2ccn(S(=O)(=O)c3ccc(C)cc3)n2)c(I)c1. The van der Waals surface area contributed by atoms with Gasteiger partial charge in [-0.15, -0.1) is 23.5 Å². The maximum Gasteiger partial charge on any atom is 0.337 e. The van der Waals surface area contributed by atoms with Gasteiger partial charge in [0, 0.05) is 40.8 Å². The van der Waals surface area contributed by atoms with Crippen LogP contribution >= 0.6 is 68.7 Å². The Morgan fingerprint density at radius 1 is 0.804 bits per heavy atom. The number of hydrogen-bond acceptors (Lipinski definition) is 10. The Morgan fingerprint density at radius 3 is 1.83 bits per heavy atom. The first kappa shape index (κ1) is 36.0. The van der Waals surface area contributed by atoms with Gasteiger partial charge >= 0.3 is 11.9 Å². The molecule has 10 nitrogen and oxygen atoms in total. The number of hydrogen-bond donors (Lipinski definition) is 1. The fourth-order valence-corrected chi connectivity index (χ4v) is 8.51. The highest BCUT2D eigenvalue weighted by molar-refractivity contribution is 14.1. The molecule has 0 amide bonds. The lowest BCUT2D eigenvalue weighted by Crippen LogP contribution is -2.13. The first-order chi connectivity index (χ1) is 22.0. The van der Waals surface area contributed by atoms with Gasteiger partial charge in [0.1, 0.15) is 0 Å². The summed E-state index contributed by atoms with van der Waals surface area (Å²) in [6.45, 7) is 1.90. The van der Waals surface area contributed by atoms with E-state index in [-0.39, 0.29) is 16.8 Å². The summed E-state index contributed by atoms with van der Waals surface area (Å²) in [7, 11) is -0.970. The summed E-state index contributed by atoms with van der Waals surface area (Å²) >= 11 is 7.59. The van der Waals surface area contributed by atoms with E-state index in [9.17, 15) is 18.0 Å². The van der Waals surface area contributed by atoms with Crippen LogP contribution in [0.3, 0.4) is 0 Å². The molecule has 0 radical (unpaired) electrons. The summed E-state index contributed by atoms with van der Waals surface area (Å²) in [5, 5.41) is 11.1. The van der Waals surface area contributed by atoms with Gasteiger partial charge in [0.05, 0.1) is 41.6 Å². The van der Waals surface area contributed by atoms with Crippen LogP contribution in [0.25, 0.3) is 0 Å². The maximum atomic E-state index is 12.7. The van der Waals surface area contributed by atoms with E-state index in [1.54, 1.807) is 66.5 Å². The fraction of sp³-hybridized carbons (Fsp3) is 0.161. The summed E-state index contributed by atoms with van der Waals surface area (Å²) in [5.74, 6) is 0.618. The average molecular weight is 903 g/mol. The predicted molar refractivity (Wildman–Crippen MR) is 195 cm³/mol. The number of rotatable bonds is 10. The van der Waals surface area contributed by atoms with Gasteiger partial charge in [-0.3, -0.25) is 5.10 Å². The third-order valence-corrected chi connectivity index (χ3v) is 12.5. The van der Waals surface area contributed by atoms with Crippen LogP contribution in [0.2, 0.25) is 0 Å². The van der Waals surface area contributed by atoms with Gasteiger partial charge < -0.3 is 9.47 Å². The molecule has 0 aliphatic heterocycles. The molecule has 3 aromatic carbocycles. The number of aromatic amines is 1. The number of carbonyl (C=O) groups is 2. The number of ether oxygens (including phenoxy) is 2. The largest absolute Gasteiger partial charge is 0.465 e. The summed E-state index contributed by atoms with van der Waals surface area (Å²) in [6, 6.07) is 21.2. The Kier molecular flexibility index (Phi) is 13.1. The fourth-order valence-electron chi connectivity index (χ4n) is 3.77. The zero-order chi connectivity index (χ0) is 33.3. The highest BCUT2D eigenvalue weighted by Crippen LogP contribution is 2.29. The zero-order valence-corrected chi connectivity index (χ0v) is 31.5. The third kappa shape index (κ3) is 9.58. The summed E-state index contributed by atoms with van der Waals surface area (Å²) in [5.41, 5.74) is 3.71. The second-order valence-electron chi connectivity index (χ2n) is 9.41. The molecule has 0 spiro atoms. The first-order valence-electron chi connectivity index (χ1n) is 13.4. The molecule has 15 heteroatoms. The first-order valence-corrected chi connectivity index (χ1v) is 19.0. The minimum Gasteiger partial charge on any atom is -0.465 e.